The molecule has 0 aromatic heterocycles. The van der Waals surface area contributed by atoms with Crippen molar-refractivity contribution < 1.29 is 9.53 Å². The molecule has 1 unspecified atom stereocenters. The van der Waals surface area contributed by atoms with Crippen molar-refractivity contribution in [3.63, 3.8) is 0 Å². The van der Waals surface area contributed by atoms with Crippen molar-refractivity contribution in [3.05, 3.63) is 35.4 Å². The summed E-state index contributed by atoms with van der Waals surface area (Å²) in [5.41, 5.74) is 2.81. The van der Waals surface area contributed by atoms with Gasteiger partial charge in [-0.15, -0.1) is 0 Å². The number of benzene rings is 1. The maximum Gasteiger partial charge on any atom is 0.293 e. The fourth-order valence-electron chi connectivity index (χ4n) is 3.49. The molecule has 1 heterocycles. The molecule has 1 fully saturated rings. The molecule has 1 atom stereocenters. The van der Waals surface area contributed by atoms with Crippen LogP contribution in [0.4, 0.5) is 0 Å². The van der Waals surface area contributed by atoms with Crippen LogP contribution >= 0.6 is 0 Å². The maximum atomic E-state index is 10.4. The summed E-state index contributed by atoms with van der Waals surface area (Å²) in [4.78, 5) is 12.8. The van der Waals surface area contributed by atoms with E-state index in [4.69, 9.17) is 4.74 Å². The lowest BCUT2D eigenvalue weighted by atomic mass is 10.0. The monoisotopic (exact) mass is 331 g/mol. The van der Waals surface area contributed by atoms with Gasteiger partial charge in [-0.05, 0) is 30.4 Å². The molecule has 1 aliphatic rings. The van der Waals surface area contributed by atoms with Gasteiger partial charge in [0.2, 0.25) is 0 Å². The molecule has 0 saturated carbocycles. The molecule has 0 spiro atoms. The van der Waals surface area contributed by atoms with E-state index >= 15 is 0 Å². The van der Waals surface area contributed by atoms with Crippen LogP contribution in [0.1, 0.15) is 69.4 Å². The minimum atomic E-state index is 0.0825. The lowest BCUT2D eigenvalue weighted by Crippen LogP contribution is -2.22. The number of likely N-dealkylation sites (tertiary alicyclic amines) is 1. The number of carbonyl (C=O) groups excluding carboxylic acids is 1. The zero-order chi connectivity index (χ0) is 17.0. The Morgan fingerprint density at radius 2 is 1.71 bits per heavy atom. The van der Waals surface area contributed by atoms with Crippen molar-refractivity contribution in [2.75, 3.05) is 13.1 Å². The van der Waals surface area contributed by atoms with Crippen molar-refractivity contribution in [2.45, 2.75) is 77.4 Å². The van der Waals surface area contributed by atoms with Gasteiger partial charge in [-0.1, -0.05) is 69.7 Å². The van der Waals surface area contributed by atoms with Crippen molar-refractivity contribution in [3.8, 4) is 0 Å². The van der Waals surface area contributed by atoms with E-state index in [2.05, 4.69) is 36.1 Å². The smallest absolute Gasteiger partial charge is 0.293 e. The molecule has 0 amide bonds. The Morgan fingerprint density at radius 1 is 1.04 bits per heavy atom. The highest BCUT2D eigenvalue weighted by Gasteiger charge is 2.23. The van der Waals surface area contributed by atoms with E-state index in [1.54, 1.807) is 0 Å². The van der Waals surface area contributed by atoms with E-state index in [0.29, 0.717) is 6.47 Å². The van der Waals surface area contributed by atoms with Gasteiger partial charge in [-0.3, -0.25) is 9.69 Å². The number of ether oxygens (including phenoxy) is 1. The molecule has 3 heteroatoms. The predicted molar refractivity (Wildman–Crippen MR) is 99.0 cm³/mol. The third-order valence-electron chi connectivity index (χ3n) is 4.98. The topological polar surface area (TPSA) is 29.5 Å². The Balaban J connectivity index is 1.61. The molecule has 0 bridgehead atoms. The summed E-state index contributed by atoms with van der Waals surface area (Å²) < 4.78 is 5.05. The van der Waals surface area contributed by atoms with Crippen LogP contribution in [0.3, 0.4) is 0 Å². The normalized spacial score (nSPS) is 18.0. The second-order valence-corrected chi connectivity index (χ2v) is 7.07. The lowest BCUT2D eigenvalue weighted by Gasteiger charge is -2.15. The first-order chi connectivity index (χ1) is 11.8. The van der Waals surface area contributed by atoms with Crippen LogP contribution < -0.4 is 0 Å². The predicted octanol–water partition coefficient (Wildman–Crippen LogP) is 4.73. The summed E-state index contributed by atoms with van der Waals surface area (Å²) in [5, 5.41) is 0. The lowest BCUT2D eigenvalue weighted by molar-refractivity contribution is -0.132. The van der Waals surface area contributed by atoms with Crippen molar-refractivity contribution in [1.82, 2.24) is 4.90 Å². The van der Waals surface area contributed by atoms with Crippen LogP contribution in [0.25, 0.3) is 0 Å². The highest BCUT2D eigenvalue weighted by atomic mass is 16.5. The first-order valence-corrected chi connectivity index (χ1v) is 9.71. The van der Waals surface area contributed by atoms with Crippen molar-refractivity contribution in [1.29, 1.82) is 0 Å². The summed E-state index contributed by atoms with van der Waals surface area (Å²) in [7, 11) is 0. The second kappa shape index (κ2) is 11.2. The summed E-state index contributed by atoms with van der Waals surface area (Å²) in [5.74, 6) is 0. The molecule has 1 aliphatic heterocycles. The molecule has 1 aromatic rings. The molecule has 3 nitrogen and oxygen atoms in total. The summed E-state index contributed by atoms with van der Waals surface area (Å²) >= 11 is 0. The van der Waals surface area contributed by atoms with Gasteiger partial charge < -0.3 is 4.74 Å². The highest BCUT2D eigenvalue weighted by Crippen LogP contribution is 2.17. The number of hydrogen-bond acceptors (Lipinski definition) is 3. The average Bonchev–Trinajstić information content (AvgIpc) is 3.03. The van der Waals surface area contributed by atoms with Gasteiger partial charge in [-0.2, -0.15) is 0 Å². The third kappa shape index (κ3) is 7.04. The number of carbonyl (C=O) groups is 1. The van der Waals surface area contributed by atoms with Crippen LogP contribution in [0.2, 0.25) is 0 Å². The molecule has 0 radical (unpaired) electrons. The standard InChI is InChI=1S/C21H33NO2/c1-2-3-4-5-6-7-8-9-19-10-12-20(13-11-19)16-22-15-14-21(17-22)24-18-23/h10-13,18,21H,2-9,14-17H2,1H3. The minimum Gasteiger partial charge on any atom is -0.463 e. The Morgan fingerprint density at radius 3 is 2.42 bits per heavy atom. The van der Waals surface area contributed by atoms with E-state index in [-0.39, 0.29) is 6.10 Å². The van der Waals surface area contributed by atoms with Crippen LogP contribution in [-0.4, -0.2) is 30.6 Å². The molecule has 1 saturated heterocycles. The Labute approximate surface area is 147 Å². The Bertz CT molecular complexity index is 457. The third-order valence-corrected chi connectivity index (χ3v) is 4.98. The van der Waals surface area contributed by atoms with Crippen LogP contribution in [0.5, 0.6) is 0 Å². The van der Waals surface area contributed by atoms with Gasteiger partial charge in [0.15, 0.2) is 0 Å². The van der Waals surface area contributed by atoms with E-state index in [1.807, 2.05) is 0 Å². The molecule has 134 valence electrons. The fraction of sp³-hybridized carbons (Fsp3) is 0.667. The largest absolute Gasteiger partial charge is 0.463 e. The Hall–Kier alpha value is -1.35. The van der Waals surface area contributed by atoms with Gasteiger partial charge in [0.1, 0.15) is 6.10 Å². The van der Waals surface area contributed by atoms with Crippen LogP contribution in [-0.2, 0) is 22.5 Å². The van der Waals surface area contributed by atoms with E-state index in [9.17, 15) is 4.79 Å². The summed E-state index contributed by atoms with van der Waals surface area (Å²) in [6, 6.07) is 9.07. The van der Waals surface area contributed by atoms with Crippen LogP contribution in [0.15, 0.2) is 24.3 Å². The van der Waals surface area contributed by atoms with Gasteiger partial charge in [0.05, 0.1) is 0 Å². The van der Waals surface area contributed by atoms with Gasteiger partial charge in [0.25, 0.3) is 6.47 Å². The van der Waals surface area contributed by atoms with Gasteiger partial charge in [-0.25, -0.2) is 0 Å². The molecule has 24 heavy (non-hydrogen) atoms. The molecule has 2 rings (SSSR count). The highest BCUT2D eigenvalue weighted by molar-refractivity contribution is 5.37. The fourth-order valence-corrected chi connectivity index (χ4v) is 3.49. The van der Waals surface area contributed by atoms with E-state index in [0.717, 1.165) is 26.1 Å². The summed E-state index contributed by atoms with van der Waals surface area (Å²) in [6.07, 6.45) is 11.8. The SMILES string of the molecule is CCCCCCCCCc1ccc(CN2CCC(OC=O)C2)cc1. The van der Waals surface area contributed by atoms with E-state index in [1.165, 1.54) is 62.5 Å². The quantitative estimate of drug-likeness (QED) is 0.410. The zero-order valence-electron chi connectivity index (χ0n) is 15.2. The second-order valence-electron chi connectivity index (χ2n) is 7.07. The van der Waals surface area contributed by atoms with E-state index < -0.39 is 0 Å². The molecule has 0 aliphatic carbocycles. The first kappa shape index (κ1) is 19.0. The number of aryl methyl sites for hydroxylation is 1. The average molecular weight is 332 g/mol. The van der Waals surface area contributed by atoms with Crippen LogP contribution in [0, 0.1) is 0 Å². The van der Waals surface area contributed by atoms with Gasteiger partial charge in [0, 0.05) is 19.6 Å². The molecular formula is C21H33NO2. The van der Waals surface area contributed by atoms with Gasteiger partial charge >= 0.3 is 0 Å². The molecule has 1 aromatic carbocycles. The van der Waals surface area contributed by atoms with Crippen molar-refractivity contribution >= 4 is 6.47 Å². The molecule has 0 N–H and O–H groups in total. The minimum absolute atomic E-state index is 0.0825. The zero-order valence-corrected chi connectivity index (χ0v) is 15.2. The van der Waals surface area contributed by atoms with Crippen molar-refractivity contribution in [2.24, 2.45) is 0 Å². The first-order valence-electron chi connectivity index (χ1n) is 9.71. The molecular weight excluding hydrogens is 298 g/mol. The maximum absolute atomic E-state index is 10.4. The summed E-state index contributed by atoms with van der Waals surface area (Å²) in [6.45, 7) is 5.67. The number of unbranched alkanes of at least 4 members (excludes halogenated alkanes) is 6. The Kier molecular flexibility index (Phi) is 8.90. The number of rotatable bonds is 12. The number of nitrogens with zero attached hydrogens (tertiary/aromatic N) is 1. The number of hydrogen-bond donors (Lipinski definition) is 0.